The van der Waals surface area contributed by atoms with E-state index >= 15 is 0 Å². The molecule has 0 aliphatic heterocycles. The summed E-state index contributed by atoms with van der Waals surface area (Å²) in [6.07, 6.45) is 2.50. The predicted molar refractivity (Wildman–Crippen MR) is 66.9 cm³/mol. The number of hydrogen-bond acceptors (Lipinski definition) is 2. The maximum atomic E-state index is 13.2. The summed E-state index contributed by atoms with van der Waals surface area (Å²) in [5, 5.41) is 0. The van der Waals surface area contributed by atoms with Gasteiger partial charge in [-0.15, -0.1) is 0 Å². The second-order valence-electron chi connectivity index (χ2n) is 3.81. The van der Waals surface area contributed by atoms with E-state index in [4.69, 9.17) is 10.5 Å². The number of methoxy groups -OCH3 is 1. The van der Waals surface area contributed by atoms with Crippen LogP contribution in [0.1, 0.15) is 18.4 Å². The molecule has 0 aromatic heterocycles. The summed E-state index contributed by atoms with van der Waals surface area (Å²) in [5.41, 5.74) is 6.89. The molecule has 0 fully saturated rings. The molecule has 0 heterocycles. The maximum Gasteiger partial charge on any atom is 0.137 e. The Morgan fingerprint density at radius 1 is 1.50 bits per heavy atom. The van der Waals surface area contributed by atoms with Crippen molar-refractivity contribution in [2.45, 2.75) is 25.3 Å². The predicted octanol–water partition coefficient (Wildman–Crippen LogP) is 2.88. The molecule has 0 aliphatic carbocycles. The minimum Gasteiger partial charge on any atom is -0.385 e. The molecular formula is C12H17BrFNO. The van der Waals surface area contributed by atoms with Gasteiger partial charge < -0.3 is 10.5 Å². The fourth-order valence-corrected chi connectivity index (χ4v) is 2.01. The number of ether oxygens (including phenoxy) is 1. The fourth-order valence-electron chi connectivity index (χ4n) is 1.58. The average molecular weight is 290 g/mol. The smallest absolute Gasteiger partial charge is 0.137 e. The van der Waals surface area contributed by atoms with E-state index < -0.39 is 0 Å². The lowest BCUT2D eigenvalue weighted by molar-refractivity contribution is 0.190. The molecule has 1 atom stereocenters. The molecule has 0 spiro atoms. The van der Waals surface area contributed by atoms with Crippen molar-refractivity contribution in [1.29, 1.82) is 0 Å². The normalized spacial score (nSPS) is 12.8. The summed E-state index contributed by atoms with van der Waals surface area (Å²) in [6.45, 7) is 0.720. The molecule has 1 aromatic carbocycles. The second-order valence-corrected chi connectivity index (χ2v) is 4.61. The Labute approximate surface area is 104 Å². The van der Waals surface area contributed by atoms with E-state index in [2.05, 4.69) is 15.9 Å². The minimum absolute atomic E-state index is 0.0493. The third kappa shape index (κ3) is 4.20. The van der Waals surface area contributed by atoms with E-state index in [-0.39, 0.29) is 11.9 Å². The molecule has 1 unspecified atom stereocenters. The highest BCUT2D eigenvalue weighted by Crippen LogP contribution is 2.21. The number of hydrogen-bond donors (Lipinski definition) is 1. The molecule has 0 saturated heterocycles. The van der Waals surface area contributed by atoms with E-state index in [0.717, 1.165) is 25.0 Å². The lowest BCUT2D eigenvalue weighted by Crippen LogP contribution is -2.23. The number of halogens is 2. The van der Waals surface area contributed by atoms with Gasteiger partial charge in [0.1, 0.15) is 5.82 Å². The van der Waals surface area contributed by atoms with Gasteiger partial charge in [0.2, 0.25) is 0 Å². The lowest BCUT2D eigenvalue weighted by atomic mass is 10.0. The monoisotopic (exact) mass is 289 g/mol. The van der Waals surface area contributed by atoms with Gasteiger partial charge >= 0.3 is 0 Å². The summed E-state index contributed by atoms with van der Waals surface area (Å²) >= 11 is 3.24. The fraction of sp³-hybridized carbons (Fsp3) is 0.500. The molecule has 2 N–H and O–H groups in total. The zero-order valence-corrected chi connectivity index (χ0v) is 11.0. The van der Waals surface area contributed by atoms with Gasteiger partial charge in [-0.3, -0.25) is 0 Å². The molecule has 90 valence electrons. The third-order valence-electron chi connectivity index (χ3n) is 2.44. The first-order valence-electron chi connectivity index (χ1n) is 5.32. The Morgan fingerprint density at radius 3 is 2.94 bits per heavy atom. The molecule has 4 heteroatoms. The second kappa shape index (κ2) is 6.99. The number of benzene rings is 1. The molecule has 0 amide bonds. The van der Waals surface area contributed by atoms with Crippen LogP contribution in [0.5, 0.6) is 0 Å². The zero-order chi connectivity index (χ0) is 12.0. The summed E-state index contributed by atoms with van der Waals surface area (Å²) in [6, 6.07) is 5.08. The van der Waals surface area contributed by atoms with E-state index in [1.807, 2.05) is 6.07 Å². The lowest BCUT2D eigenvalue weighted by Gasteiger charge is -2.12. The van der Waals surface area contributed by atoms with E-state index in [9.17, 15) is 4.39 Å². The van der Waals surface area contributed by atoms with Crippen molar-refractivity contribution in [1.82, 2.24) is 0 Å². The van der Waals surface area contributed by atoms with Crippen molar-refractivity contribution >= 4 is 15.9 Å². The average Bonchev–Trinajstić information content (AvgIpc) is 2.25. The van der Waals surface area contributed by atoms with Crippen LogP contribution in [0.15, 0.2) is 22.7 Å². The SMILES string of the molecule is COCCCC(N)Cc1cccc(F)c1Br. The van der Waals surface area contributed by atoms with Crippen LogP contribution in [-0.2, 0) is 11.2 Å². The molecule has 1 aromatic rings. The van der Waals surface area contributed by atoms with Gasteiger partial charge in [0.25, 0.3) is 0 Å². The van der Waals surface area contributed by atoms with Gasteiger partial charge in [-0.05, 0) is 46.8 Å². The standard InChI is InChI=1S/C12H17BrFNO/c1-16-7-3-5-10(15)8-9-4-2-6-11(14)12(9)13/h2,4,6,10H,3,5,7-8,15H2,1H3. The first kappa shape index (κ1) is 13.6. The Bertz CT molecular complexity index is 333. The summed E-state index contributed by atoms with van der Waals surface area (Å²) < 4.78 is 18.7. The van der Waals surface area contributed by atoms with Crippen LogP contribution < -0.4 is 5.73 Å². The van der Waals surface area contributed by atoms with Gasteiger partial charge in [-0.1, -0.05) is 12.1 Å². The van der Waals surface area contributed by atoms with Crippen molar-refractivity contribution in [2.75, 3.05) is 13.7 Å². The maximum absolute atomic E-state index is 13.2. The molecule has 0 saturated carbocycles. The zero-order valence-electron chi connectivity index (χ0n) is 9.38. The summed E-state index contributed by atoms with van der Waals surface area (Å²) in [7, 11) is 1.68. The van der Waals surface area contributed by atoms with Crippen LogP contribution in [-0.4, -0.2) is 19.8 Å². The highest BCUT2D eigenvalue weighted by atomic mass is 79.9. The van der Waals surface area contributed by atoms with E-state index in [1.165, 1.54) is 6.07 Å². The first-order chi connectivity index (χ1) is 7.65. The van der Waals surface area contributed by atoms with Crippen LogP contribution >= 0.6 is 15.9 Å². The molecule has 0 bridgehead atoms. The van der Waals surface area contributed by atoms with Crippen LogP contribution in [0, 0.1) is 5.82 Å². The highest BCUT2D eigenvalue weighted by Gasteiger charge is 2.09. The third-order valence-corrected chi connectivity index (χ3v) is 3.33. The topological polar surface area (TPSA) is 35.2 Å². The van der Waals surface area contributed by atoms with Crippen LogP contribution in [0.3, 0.4) is 0 Å². The van der Waals surface area contributed by atoms with Crippen molar-refractivity contribution in [3.05, 3.63) is 34.1 Å². The Kier molecular flexibility index (Phi) is 5.95. The number of rotatable bonds is 6. The van der Waals surface area contributed by atoms with Gasteiger partial charge in [0.15, 0.2) is 0 Å². The van der Waals surface area contributed by atoms with Gasteiger partial charge in [0, 0.05) is 19.8 Å². The quantitative estimate of drug-likeness (QED) is 0.818. The molecule has 1 rings (SSSR count). The summed E-state index contributed by atoms with van der Waals surface area (Å²) in [5.74, 6) is -0.235. The molecule has 2 nitrogen and oxygen atoms in total. The largest absolute Gasteiger partial charge is 0.385 e. The van der Waals surface area contributed by atoms with Gasteiger partial charge in [-0.25, -0.2) is 4.39 Å². The first-order valence-corrected chi connectivity index (χ1v) is 6.12. The van der Waals surface area contributed by atoms with Crippen molar-refractivity contribution in [3.8, 4) is 0 Å². The molecular weight excluding hydrogens is 273 g/mol. The van der Waals surface area contributed by atoms with E-state index in [0.29, 0.717) is 10.9 Å². The summed E-state index contributed by atoms with van der Waals surface area (Å²) in [4.78, 5) is 0. The highest BCUT2D eigenvalue weighted by molar-refractivity contribution is 9.10. The van der Waals surface area contributed by atoms with E-state index in [1.54, 1.807) is 13.2 Å². The van der Waals surface area contributed by atoms with Crippen LogP contribution in [0.2, 0.25) is 0 Å². The minimum atomic E-state index is -0.235. The van der Waals surface area contributed by atoms with Crippen molar-refractivity contribution in [2.24, 2.45) is 5.73 Å². The van der Waals surface area contributed by atoms with Gasteiger partial charge in [-0.2, -0.15) is 0 Å². The molecule has 16 heavy (non-hydrogen) atoms. The van der Waals surface area contributed by atoms with Crippen molar-refractivity contribution < 1.29 is 9.13 Å². The Hall–Kier alpha value is -0.450. The number of nitrogens with two attached hydrogens (primary N) is 1. The molecule has 0 aliphatic rings. The van der Waals surface area contributed by atoms with Gasteiger partial charge in [0.05, 0.1) is 4.47 Å². The van der Waals surface area contributed by atoms with Crippen molar-refractivity contribution in [3.63, 3.8) is 0 Å². The Morgan fingerprint density at radius 2 is 2.25 bits per heavy atom. The van der Waals surface area contributed by atoms with Crippen LogP contribution in [0.25, 0.3) is 0 Å². The molecule has 0 radical (unpaired) electrons. The van der Waals surface area contributed by atoms with Crippen LogP contribution in [0.4, 0.5) is 4.39 Å². The Balaban J connectivity index is 2.49.